The Labute approximate surface area is 175 Å². The largest absolute Gasteiger partial charge is 0.351 e. The number of fused-ring (bicyclic) bond motifs is 1. The van der Waals surface area contributed by atoms with Crippen molar-refractivity contribution >= 4 is 16.8 Å². The molecule has 1 aliphatic rings. The Hall–Kier alpha value is -2.95. The summed E-state index contributed by atoms with van der Waals surface area (Å²) in [6.07, 6.45) is 5.28. The number of rotatable bonds is 4. The molecule has 1 atom stereocenters. The molecule has 1 aliphatic carbocycles. The van der Waals surface area contributed by atoms with Crippen LogP contribution >= 0.6 is 0 Å². The molecule has 0 bridgehead atoms. The van der Waals surface area contributed by atoms with Crippen LogP contribution in [-0.4, -0.2) is 16.5 Å². The number of pyridine rings is 1. The molecule has 2 aromatic carbocycles. The number of carbonyl (C=O) groups is 1. The first-order valence-electron chi connectivity index (χ1n) is 10.6. The lowest BCUT2D eigenvalue weighted by Crippen LogP contribution is -2.43. The lowest BCUT2D eigenvalue weighted by Gasteiger charge is -2.27. The number of benzene rings is 2. The molecule has 1 saturated carbocycles. The summed E-state index contributed by atoms with van der Waals surface area (Å²) >= 11 is 0. The molecule has 4 nitrogen and oxygen atoms in total. The Morgan fingerprint density at radius 1 is 1.03 bits per heavy atom. The predicted octanol–water partition coefficient (Wildman–Crippen LogP) is 4.80. The van der Waals surface area contributed by atoms with Gasteiger partial charge in [0.25, 0.3) is 5.56 Å². The molecule has 4 rings (SSSR count). The molecule has 1 aromatic heterocycles. The first-order valence-corrected chi connectivity index (χ1v) is 10.6. The molecule has 0 spiro atoms. The lowest BCUT2D eigenvalue weighted by atomic mass is 9.94. The Kier molecular flexibility index (Phi) is 5.71. The number of amides is 1. The van der Waals surface area contributed by atoms with Crippen LogP contribution < -0.4 is 10.9 Å². The van der Waals surface area contributed by atoms with Gasteiger partial charge in [-0.2, -0.15) is 0 Å². The van der Waals surface area contributed by atoms with Crippen molar-refractivity contribution in [3.05, 3.63) is 81.4 Å². The molecule has 3 aromatic rings. The monoisotopic (exact) mass is 406 g/mol. The first-order chi connectivity index (χ1) is 14.4. The zero-order valence-electron chi connectivity index (χ0n) is 17.5. The van der Waals surface area contributed by atoms with E-state index >= 15 is 0 Å². The van der Waals surface area contributed by atoms with E-state index in [4.69, 9.17) is 0 Å². The molecule has 30 heavy (non-hydrogen) atoms. The van der Waals surface area contributed by atoms with Gasteiger partial charge in [0.15, 0.2) is 0 Å². The van der Waals surface area contributed by atoms with Crippen LogP contribution in [-0.2, 0) is 4.79 Å². The third kappa shape index (κ3) is 4.02. The van der Waals surface area contributed by atoms with Crippen LogP contribution in [0.25, 0.3) is 10.9 Å². The maximum absolute atomic E-state index is 13.6. The van der Waals surface area contributed by atoms with Crippen LogP contribution in [0.2, 0.25) is 0 Å². The summed E-state index contributed by atoms with van der Waals surface area (Å²) < 4.78 is 15.1. The van der Waals surface area contributed by atoms with Crippen molar-refractivity contribution in [1.29, 1.82) is 0 Å². The van der Waals surface area contributed by atoms with Gasteiger partial charge >= 0.3 is 0 Å². The van der Waals surface area contributed by atoms with Crippen molar-refractivity contribution in [3.63, 3.8) is 0 Å². The van der Waals surface area contributed by atoms with Gasteiger partial charge in [-0.3, -0.25) is 14.2 Å². The predicted molar refractivity (Wildman–Crippen MR) is 117 cm³/mol. The molecule has 0 aliphatic heterocycles. The molecule has 1 N–H and O–H groups in total. The van der Waals surface area contributed by atoms with E-state index in [0.29, 0.717) is 11.1 Å². The van der Waals surface area contributed by atoms with Gasteiger partial charge in [0.05, 0.1) is 5.52 Å². The van der Waals surface area contributed by atoms with E-state index in [9.17, 15) is 14.0 Å². The summed E-state index contributed by atoms with van der Waals surface area (Å²) in [6, 6.07) is 12.5. The van der Waals surface area contributed by atoms with Crippen LogP contribution in [0, 0.1) is 19.7 Å². The minimum absolute atomic E-state index is 0.115. The van der Waals surface area contributed by atoms with E-state index in [2.05, 4.69) is 5.32 Å². The van der Waals surface area contributed by atoms with Crippen molar-refractivity contribution < 1.29 is 9.18 Å². The van der Waals surface area contributed by atoms with Crippen molar-refractivity contribution in [2.24, 2.45) is 0 Å². The van der Waals surface area contributed by atoms with Crippen LogP contribution in [0.1, 0.15) is 54.8 Å². The second-order valence-electron chi connectivity index (χ2n) is 8.35. The number of carbonyl (C=O) groups excluding carboxylic acids is 1. The van der Waals surface area contributed by atoms with Crippen molar-refractivity contribution in [1.82, 2.24) is 9.88 Å². The van der Waals surface area contributed by atoms with Crippen LogP contribution in [0.4, 0.5) is 4.39 Å². The molecule has 0 saturated heterocycles. The van der Waals surface area contributed by atoms with Crippen LogP contribution in [0.3, 0.4) is 0 Å². The van der Waals surface area contributed by atoms with Gasteiger partial charge in [-0.15, -0.1) is 0 Å². The Bertz CT molecular complexity index is 1130. The van der Waals surface area contributed by atoms with E-state index in [0.717, 1.165) is 42.2 Å². The van der Waals surface area contributed by atoms with E-state index in [-0.39, 0.29) is 23.3 Å². The summed E-state index contributed by atoms with van der Waals surface area (Å²) in [6.45, 7) is 3.91. The zero-order valence-corrected chi connectivity index (χ0v) is 17.5. The molecular formula is C25H27FN2O2. The van der Waals surface area contributed by atoms with Gasteiger partial charge in [0, 0.05) is 17.5 Å². The first kappa shape index (κ1) is 20.3. The van der Waals surface area contributed by atoms with E-state index < -0.39 is 6.04 Å². The maximum atomic E-state index is 13.6. The minimum Gasteiger partial charge on any atom is -0.351 e. The van der Waals surface area contributed by atoms with Crippen LogP contribution in [0.5, 0.6) is 0 Å². The van der Waals surface area contributed by atoms with Gasteiger partial charge in [0.1, 0.15) is 11.9 Å². The van der Waals surface area contributed by atoms with E-state index in [1.165, 1.54) is 18.6 Å². The second-order valence-corrected chi connectivity index (χ2v) is 8.35. The van der Waals surface area contributed by atoms with Gasteiger partial charge in [-0.25, -0.2) is 4.39 Å². The summed E-state index contributed by atoms with van der Waals surface area (Å²) in [7, 11) is 0. The topological polar surface area (TPSA) is 51.1 Å². The smallest absolute Gasteiger partial charge is 0.252 e. The number of aryl methyl sites for hydroxylation is 2. The molecule has 1 unspecified atom stereocenters. The molecule has 5 heteroatoms. The Morgan fingerprint density at radius 2 is 1.73 bits per heavy atom. The zero-order chi connectivity index (χ0) is 21.3. The number of nitrogens with zero attached hydrogens (tertiary/aromatic N) is 1. The minimum atomic E-state index is -0.856. The second kappa shape index (κ2) is 8.42. The normalized spacial score (nSPS) is 15.8. The number of hydrogen-bond donors (Lipinski definition) is 1. The quantitative estimate of drug-likeness (QED) is 0.677. The summed E-state index contributed by atoms with van der Waals surface area (Å²) in [4.78, 5) is 26.6. The molecule has 0 radical (unpaired) electrons. The number of aromatic nitrogens is 1. The maximum Gasteiger partial charge on any atom is 0.252 e. The molecule has 1 fully saturated rings. The fourth-order valence-corrected chi connectivity index (χ4v) is 4.48. The lowest BCUT2D eigenvalue weighted by molar-refractivity contribution is -0.124. The molecule has 1 amide bonds. The summed E-state index contributed by atoms with van der Waals surface area (Å²) in [5, 5.41) is 4.09. The average molecular weight is 407 g/mol. The standard InChI is InChI=1S/C25H27FN2O2/c1-16-8-13-22-21(14-16)17(2)15-23(29)28(22)24(18-9-11-19(26)12-10-18)25(30)27-20-6-4-3-5-7-20/h8-15,20,24H,3-7H2,1-2H3,(H,27,30). The van der Waals surface area contributed by atoms with Gasteiger partial charge in [-0.05, 0) is 62.1 Å². The summed E-state index contributed by atoms with van der Waals surface area (Å²) in [5.74, 6) is -0.594. The van der Waals surface area contributed by atoms with Crippen molar-refractivity contribution in [2.45, 2.75) is 58.0 Å². The highest BCUT2D eigenvalue weighted by atomic mass is 19.1. The fourth-order valence-electron chi connectivity index (χ4n) is 4.48. The SMILES string of the molecule is Cc1ccc2c(c1)c(C)cc(=O)n2C(C(=O)NC1CCCCC1)c1ccc(F)cc1. The van der Waals surface area contributed by atoms with Crippen LogP contribution in [0.15, 0.2) is 53.3 Å². The van der Waals surface area contributed by atoms with E-state index in [1.807, 2.05) is 32.0 Å². The third-order valence-electron chi connectivity index (χ3n) is 6.06. The molecule has 1 heterocycles. The third-order valence-corrected chi connectivity index (χ3v) is 6.06. The number of hydrogen-bond acceptors (Lipinski definition) is 2. The number of halogens is 1. The van der Waals surface area contributed by atoms with Gasteiger partial charge < -0.3 is 5.32 Å². The summed E-state index contributed by atoms with van der Waals surface area (Å²) in [5.41, 5.74) is 3.02. The highest BCUT2D eigenvalue weighted by Gasteiger charge is 2.28. The van der Waals surface area contributed by atoms with Gasteiger partial charge in [0.2, 0.25) is 5.91 Å². The molecule has 156 valence electrons. The Balaban J connectivity index is 1.86. The van der Waals surface area contributed by atoms with Crippen molar-refractivity contribution in [2.75, 3.05) is 0 Å². The van der Waals surface area contributed by atoms with Crippen molar-refractivity contribution in [3.8, 4) is 0 Å². The van der Waals surface area contributed by atoms with Gasteiger partial charge in [-0.1, -0.05) is 43.0 Å². The highest BCUT2D eigenvalue weighted by molar-refractivity contribution is 5.89. The fraction of sp³-hybridized carbons (Fsp3) is 0.360. The highest BCUT2D eigenvalue weighted by Crippen LogP contribution is 2.26. The van der Waals surface area contributed by atoms with E-state index in [1.54, 1.807) is 22.8 Å². The Morgan fingerprint density at radius 3 is 2.43 bits per heavy atom. The number of nitrogens with one attached hydrogen (secondary N) is 1. The molecular weight excluding hydrogens is 379 g/mol. The average Bonchev–Trinajstić information content (AvgIpc) is 2.73.